The monoisotopic (exact) mass is 304 g/mol. The maximum atomic E-state index is 5.62. The van der Waals surface area contributed by atoms with Gasteiger partial charge in [-0.3, -0.25) is 0 Å². The van der Waals surface area contributed by atoms with E-state index in [1.165, 1.54) is 38.5 Å². The second kappa shape index (κ2) is 8.57. The summed E-state index contributed by atoms with van der Waals surface area (Å²) in [5.74, 6) is 0. The van der Waals surface area contributed by atoms with Gasteiger partial charge in [-0.15, -0.1) is 0 Å². The Kier molecular flexibility index (Phi) is 8.71. The Balaban J connectivity index is 4.07. The van der Waals surface area contributed by atoms with Gasteiger partial charge in [-0.05, 0) is 46.2 Å². The number of hydrogen-bond donors (Lipinski definition) is 0. The fourth-order valence-corrected chi connectivity index (χ4v) is 4.96. The molecular formula is C14H36N2OSi2. The molecule has 0 N–H and O–H groups in total. The maximum absolute atomic E-state index is 5.62. The molecule has 5 heteroatoms. The third kappa shape index (κ3) is 9.79. The predicted octanol–water partition coefficient (Wildman–Crippen LogP) is 3.32. The zero-order valence-electron chi connectivity index (χ0n) is 14.5. The van der Waals surface area contributed by atoms with Gasteiger partial charge in [-0.2, -0.15) is 0 Å². The Bertz CT molecular complexity index is 240. The first-order chi connectivity index (χ1) is 8.58. The standard InChI is InChI=1S/C14H36N2OSi2/c1-15(2)12-13-16(18(4,5)6)11-9-10-14-19(7,8)17-3/h9-14H2,1-8H3. The molecule has 116 valence electrons. The summed E-state index contributed by atoms with van der Waals surface area (Å²) in [4.78, 5) is 2.29. The highest BCUT2D eigenvalue weighted by Gasteiger charge is 2.24. The first-order valence-corrected chi connectivity index (χ1v) is 14.1. The molecule has 0 fully saturated rings. The van der Waals surface area contributed by atoms with Gasteiger partial charge in [0.25, 0.3) is 0 Å². The highest BCUT2D eigenvalue weighted by atomic mass is 28.4. The molecule has 0 rings (SSSR count). The Morgan fingerprint density at radius 3 is 1.84 bits per heavy atom. The van der Waals surface area contributed by atoms with Gasteiger partial charge in [-0.25, -0.2) is 0 Å². The second-order valence-corrected chi connectivity index (χ2v) is 16.8. The molecule has 19 heavy (non-hydrogen) atoms. The second-order valence-electron chi connectivity index (χ2n) is 7.38. The van der Waals surface area contributed by atoms with Gasteiger partial charge in [0, 0.05) is 20.2 Å². The molecule has 0 aromatic carbocycles. The van der Waals surface area contributed by atoms with Crippen LogP contribution in [0.1, 0.15) is 12.8 Å². The summed E-state index contributed by atoms with van der Waals surface area (Å²) < 4.78 is 8.36. The minimum atomic E-state index is -1.35. The molecule has 0 amide bonds. The van der Waals surface area contributed by atoms with Crippen molar-refractivity contribution in [2.45, 2.75) is 51.6 Å². The third-order valence-electron chi connectivity index (χ3n) is 3.78. The van der Waals surface area contributed by atoms with E-state index in [4.69, 9.17) is 4.43 Å². The molecule has 0 atom stereocenters. The fraction of sp³-hybridized carbons (Fsp3) is 1.00. The van der Waals surface area contributed by atoms with Crippen LogP contribution in [0.3, 0.4) is 0 Å². The van der Waals surface area contributed by atoms with Crippen LogP contribution in [0, 0.1) is 0 Å². The summed E-state index contributed by atoms with van der Waals surface area (Å²) >= 11 is 0. The molecular weight excluding hydrogens is 268 g/mol. The van der Waals surface area contributed by atoms with Crippen molar-refractivity contribution < 1.29 is 4.43 Å². The lowest BCUT2D eigenvalue weighted by molar-refractivity contribution is 0.327. The van der Waals surface area contributed by atoms with Crippen molar-refractivity contribution in [2.75, 3.05) is 40.8 Å². The number of nitrogens with zero attached hydrogens (tertiary/aromatic N) is 2. The largest absolute Gasteiger partial charge is 0.420 e. The van der Waals surface area contributed by atoms with Gasteiger partial charge < -0.3 is 13.9 Å². The van der Waals surface area contributed by atoms with E-state index in [1.807, 2.05) is 7.11 Å². The molecule has 0 aromatic rings. The topological polar surface area (TPSA) is 15.7 Å². The van der Waals surface area contributed by atoms with E-state index in [9.17, 15) is 0 Å². The Morgan fingerprint density at radius 2 is 1.42 bits per heavy atom. The van der Waals surface area contributed by atoms with Crippen molar-refractivity contribution >= 4 is 16.6 Å². The van der Waals surface area contributed by atoms with Gasteiger partial charge in [-0.1, -0.05) is 26.1 Å². The van der Waals surface area contributed by atoms with Crippen molar-refractivity contribution in [3.63, 3.8) is 0 Å². The molecule has 0 aliphatic rings. The Morgan fingerprint density at radius 1 is 0.842 bits per heavy atom. The Hall–Kier alpha value is 0.314. The lowest BCUT2D eigenvalue weighted by Gasteiger charge is -2.35. The van der Waals surface area contributed by atoms with Crippen molar-refractivity contribution in [1.29, 1.82) is 0 Å². The predicted molar refractivity (Wildman–Crippen MR) is 92.0 cm³/mol. The van der Waals surface area contributed by atoms with Gasteiger partial charge in [0.1, 0.15) is 8.24 Å². The summed E-state index contributed by atoms with van der Waals surface area (Å²) in [7, 11) is 3.68. The van der Waals surface area contributed by atoms with Crippen LogP contribution in [0.15, 0.2) is 0 Å². The average molecular weight is 305 g/mol. The summed E-state index contributed by atoms with van der Waals surface area (Å²) in [6.07, 6.45) is 2.63. The number of hydrogen-bond acceptors (Lipinski definition) is 3. The lowest BCUT2D eigenvalue weighted by Crippen LogP contribution is -2.49. The molecule has 0 saturated carbocycles. The molecule has 0 radical (unpaired) electrons. The highest BCUT2D eigenvalue weighted by Crippen LogP contribution is 2.16. The van der Waals surface area contributed by atoms with Gasteiger partial charge in [0.2, 0.25) is 0 Å². The first-order valence-electron chi connectivity index (χ1n) is 7.53. The fourth-order valence-electron chi connectivity index (χ4n) is 2.06. The lowest BCUT2D eigenvalue weighted by atomic mass is 10.3. The first kappa shape index (κ1) is 19.3. The highest BCUT2D eigenvalue weighted by molar-refractivity contribution is 6.73. The molecule has 0 unspecified atom stereocenters. The van der Waals surface area contributed by atoms with E-state index >= 15 is 0 Å². The van der Waals surface area contributed by atoms with E-state index in [2.05, 4.69) is 56.3 Å². The van der Waals surface area contributed by atoms with Gasteiger partial charge in [0.15, 0.2) is 8.32 Å². The van der Waals surface area contributed by atoms with E-state index in [0.29, 0.717) is 0 Å². The molecule has 0 bridgehead atoms. The zero-order chi connectivity index (χ0) is 15.1. The number of likely N-dealkylation sites (N-methyl/N-ethyl adjacent to an activating group) is 1. The third-order valence-corrected chi connectivity index (χ3v) is 8.78. The minimum absolute atomic E-state index is 1.17. The Labute approximate surface area is 123 Å². The minimum Gasteiger partial charge on any atom is -0.420 e. The zero-order valence-corrected chi connectivity index (χ0v) is 16.5. The number of rotatable bonds is 10. The van der Waals surface area contributed by atoms with Crippen LogP contribution in [0.25, 0.3) is 0 Å². The van der Waals surface area contributed by atoms with Crippen LogP contribution in [0.4, 0.5) is 0 Å². The van der Waals surface area contributed by atoms with Crippen molar-refractivity contribution in [2.24, 2.45) is 0 Å². The number of unbranched alkanes of at least 4 members (excludes halogenated alkanes) is 1. The van der Waals surface area contributed by atoms with Crippen LogP contribution in [0.2, 0.25) is 38.8 Å². The van der Waals surface area contributed by atoms with Crippen LogP contribution >= 0.6 is 0 Å². The van der Waals surface area contributed by atoms with E-state index < -0.39 is 16.6 Å². The molecule has 3 nitrogen and oxygen atoms in total. The van der Waals surface area contributed by atoms with Crippen molar-refractivity contribution in [1.82, 2.24) is 9.47 Å². The maximum Gasteiger partial charge on any atom is 0.186 e. The van der Waals surface area contributed by atoms with Crippen LogP contribution in [-0.4, -0.2) is 66.9 Å². The van der Waals surface area contributed by atoms with E-state index in [-0.39, 0.29) is 0 Å². The summed E-state index contributed by atoms with van der Waals surface area (Å²) in [6, 6.07) is 1.29. The van der Waals surface area contributed by atoms with Gasteiger partial charge in [0.05, 0.1) is 0 Å². The summed E-state index contributed by atoms with van der Waals surface area (Å²) in [6.45, 7) is 15.6. The van der Waals surface area contributed by atoms with Crippen LogP contribution < -0.4 is 0 Å². The summed E-state index contributed by atoms with van der Waals surface area (Å²) in [5.41, 5.74) is 0. The van der Waals surface area contributed by atoms with Gasteiger partial charge >= 0.3 is 0 Å². The smallest absolute Gasteiger partial charge is 0.186 e. The molecule has 0 aromatic heterocycles. The van der Waals surface area contributed by atoms with Crippen molar-refractivity contribution in [3.05, 3.63) is 0 Å². The van der Waals surface area contributed by atoms with E-state index in [0.717, 1.165) is 0 Å². The SMILES string of the molecule is CO[Si](C)(C)CCCCN(CCN(C)C)[Si](C)(C)C. The van der Waals surface area contributed by atoms with Crippen LogP contribution in [-0.2, 0) is 4.43 Å². The molecule has 0 saturated heterocycles. The normalized spacial score (nSPS) is 13.6. The van der Waals surface area contributed by atoms with Crippen LogP contribution in [0.5, 0.6) is 0 Å². The molecule has 0 aliphatic carbocycles. The quantitative estimate of drug-likeness (QED) is 0.455. The molecule has 0 aliphatic heterocycles. The van der Waals surface area contributed by atoms with Crippen molar-refractivity contribution in [3.8, 4) is 0 Å². The summed E-state index contributed by atoms with van der Waals surface area (Å²) in [5, 5.41) is 0. The molecule has 0 spiro atoms. The molecule has 0 heterocycles. The average Bonchev–Trinajstić information content (AvgIpc) is 2.25. The van der Waals surface area contributed by atoms with E-state index in [1.54, 1.807) is 0 Å².